The number of carbonyl (C=O) groups is 1. The fourth-order valence-electron chi connectivity index (χ4n) is 2.66. The van der Waals surface area contributed by atoms with Gasteiger partial charge in [0.1, 0.15) is 6.33 Å². The maximum atomic E-state index is 12.2. The average molecular weight is 422 g/mol. The number of pyridine rings is 1. The normalized spacial score (nSPS) is 10.6. The summed E-state index contributed by atoms with van der Waals surface area (Å²) in [7, 11) is 0. The van der Waals surface area contributed by atoms with Crippen molar-refractivity contribution in [3.05, 3.63) is 70.3 Å². The number of fused-ring (bicyclic) bond motifs is 1. The molecule has 0 spiro atoms. The number of thiazole rings is 1. The molecule has 3 heterocycles. The Bertz CT molecular complexity index is 1240. The molecule has 150 valence electrons. The largest absolute Gasteiger partial charge is 0.355 e. The number of hydrazine groups is 1. The maximum Gasteiger partial charge on any atom is 0.355 e. The van der Waals surface area contributed by atoms with Crippen molar-refractivity contribution >= 4 is 49.9 Å². The third-order valence-electron chi connectivity index (χ3n) is 4.07. The first-order valence-electron chi connectivity index (χ1n) is 8.62. The molecule has 4 aromatic rings. The van der Waals surface area contributed by atoms with Gasteiger partial charge in [0, 0.05) is 12.4 Å². The quantitative estimate of drug-likeness (QED) is 0.314. The van der Waals surface area contributed by atoms with Crippen molar-refractivity contribution in [2.75, 3.05) is 10.7 Å². The lowest BCUT2D eigenvalue weighted by Crippen LogP contribution is -2.30. The highest BCUT2D eigenvalue weighted by Gasteiger charge is 2.24. The van der Waals surface area contributed by atoms with Crippen LogP contribution >= 0.6 is 11.3 Å². The van der Waals surface area contributed by atoms with Crippen LogP contribution in [-0.2, 0) is 0 Å². The summed E-state index contributed by atoms with van der Waals surface area (Å²) >= 11 is 1.35. The number of nitro groups is 1. The molecule has 0 aliphatic carbocycles. The lowest BCUT2D eigenvalue weighted by Gasteiger charge is -2.09. The summed E-state index contributed by atoms with van der Waals surface area (Å²) in [6.07, 6.45) is 4.04. The van der Waals surface area contributed by atoms with Gasteiger partial charge in [0.25, 0.3) is 5.91 Å². The molecule has 1 amide bonds. The molecule has 0 saturated carbocycles. The fourth-order valence-corrected chi connectivity index (χ4v) is 3.60. The molecule has 4 rings (SSSR count). The Kier molecular flexibility index (Phi) is 5.13. The molecule has 0 atom stereocenters. The second-order valence-electron chi connectivity index (χ2n) is 6.06. The molecule has 0 aliphatic heterocycles. The highest BCUT2D eigenvalue weighted by molar-refractivity contribution is 7.22. The highest BCUT2D eigenvalue weighted by Crippen LogP contribution is 2.34. The van der Waals surface area contributed by atoms with E-state index in [1.54, 1.807) is 12.1 Å². The number of nitrogens with one attached hydrogen (secondary N) is 3. The SMILES string of the molecule is Cc1cccc2sc(Nc3ncnc(NNC(=O)c4cccnc4)c3[N+](=O)[O-])nc12. The van der Waals surface area contributed by atoms with Gasteiger partial charge in [-0.05, 0) is 30.7 Å². The van der Waals surface area contributed by atoms with Crippen molar-refractivity contribution in [2.24, 2.45) is 0 Å². The number of nitrogens with zero attached hydrogens (tertiary/aromatic N) is 5. The topological polar surface area (TPSA) is 148 Å². The van der Waals surface area contributed by atoms with Crippen molar-refractivity contribution in [3.63, 3.8) is 0 Å². The molecule has 0 fully saturated rings. The number of para-hydroxylation sites is 1. The predicted molar refractivity (Wildman–Crippen MR) is 112 cm³/mol. The third-order valence-corrected chi connectivity index (χ3v) is 5.01. The maximum absolute atomic E-state index is 12.2. The summed E-state index contributed by atoms with van der Waals surface area (Å²) in [6, 6.07) is 8.93. The Morgan fingerprint density at radius 2 is 2.00 bits per heavy atom. The molecule has 0 saturated heterocycles. The molecular weight excluding hydrogens is 408 g/mol. The first-order valence-corrected chi connectivity index (χ1v) is 9.43. The van der Waals surface area contributed by atoms with E-state index in [0.29, 0.717) is 5.13 Å². The first kappa shape index (κ1) is 19.1. The standard InChI is InChI=1S/C18H14N8O3S/c1-10-4-2-6-12-13(10)22-18(30-12)23-15-14(26(28)29)16(21-9-20-15)24-25-17(27)11-5-3-7-19-8-11/h2-9H,1H3,(H,25,27)(H2,20,21,22,23,24). The minimum Gasteiger partial charge on any atom is -0.310 e. The number of aromatic nitrogens is 4. The van der Waals surface area contributed by atoms with E-state index >= 15 is 0 Å². The number of carbonyl (C=O) groups excluding carboxylic acids is 1. The van der Waals surface area contributed by atoms with Crippen LogP contribution in [0.25, 0.3) is 10.2 Å². The monoisotopic (exact) mass is 422 g/mol. The van der Waals surface area contributed by atoms with E-state index in [9.17, 15) is 14.9 Å². The number of amides is 1. The van der Waals surface area contributed by atoms with Gasteiger partial charge in [0.2, 0.25) is 11.6 Å². The van der Waals surface area contributed by atoms with Crippen LogP contribution in [0.5, 0.6) is 0 Å². The molecule has 11 nitrogen and oxygen atoms in total. The van der Waals surface area contributed by atoms with Gasteiger partial charge in [-0.25, -0.2) is 15.0 Å². The van der Waals surface area contributed by atoms with Crippen LogP contribution in [0, 0.1) is 17.0 Å². The van der Waals surface area contributed by atoms with E-state index in [1.165, 1.54) is 23.7 Å². The minimum absolute atomic E-state index is 0.0511. The lowest BCUT2D eigenvalue weighted by molar-refractivity contribution is -0.383. The van der Waals surface area contributed by atoms with E-state index in [0.717, 1.165) is 22.1 Å². The molecule has 0 unspecified atom stereocenters. The summed E-state index contributed by atoms with van der Waals surface area (Å²) in [4.78, 5) is 39.4. The Labute approximate surface area is 173 Å². The van der Waals surface area contributed by atoms with Crippen LogP contribution in [-0.4, -0.2) is 30.8 Å². The van der Waals surface area contributed by atoms with Crippen LogP contribution in [0.15, 0.2) is 49.1 Å². The molecule has 0 aliphatic rings. The Morgan fingerprint density at radius 1 is 1.17 bits per heavy atom. The first-order chi connectivity index (χ1) is 14.5. The number of rotatable bonds is 6. The lowest BCUT2D eigenvalue weighted by atomic mass is 10.2. The van der Waals surface area contributed by atoms with Crippen LogP contribution in [0.2, 0.25) is 0 Å². The van der Waals surface area contributed by atoms with Gasteiger partial charge in [-0.1, -0.05) is 23.5 Å². The van der Waals surface area contributed by atoms with Gasteiger partial charge in [-0.3, -0.25) is 30.7 Å². The molecule has 3 N–H and O–H groups in total. The van der Waals surface area contributed by atoms with Crippen molar-refractivity contribution < 1.29 is 9.72 Å². The second kappa shape index (κ2) is 8.05. The zero-order chi connectivity index (χ0) is 21.1. The van der Waals surface area contributed by atoms with E-state index in [-0.39, 0.29) is 17.2 Å². The second-order valence-corrected chi connectivity index (χ2v) is 7.09. The summed E-state index contributed by atoms with van der Waals surface area (Å²) < 4.78 is 0.941. The van der Waals surface area contributed by atoms with Crippen LogP contribution < -0.4 is 16.2 Å². The van der Waals surface area contributed by atoms with Crippen LogP contribution in [0.4, 0.5) is 22.5 Å². The van der Waals surface area contributed by atoms with Crippen LogP contribution in [0.3, 0.4) is 0 Å². The Morgan fingerprint density at radius 3 is 2.73 bits per heavy atom. The number of aryl methyl sites for hydroxylation is 1. The van der Waals surface area contributed by atoms with Crippen molar-refractivity contribution in [2.45, 2.75) is 6.92 Å². The molecule has 30 heavy (non-hydrogen) atoms. The van der Waals surface area contributed by atoms with Gasteiger partial charge >= 0.3 is 5.69 Å². The fraction of sp³-hybridized carbons (Fsp3) is 0.0556. The van der Waals surface area contributed by atoms with E-state index in [4.69, 9.17) is 0 Å². The number of anilines is 3. The van der Waals surface area contributed by atoms with Crippen molar-refractivity contribution in [3.8, 4) is 0 Å². The molecule has 0 bridgehead atoms. The van der Waals surface area contributed by atoms with E-state index < -0.39 is 16.5 Å². The predicted octanol–water partition coefficient (Wildman–Crippen LogP) is 3.20. The highest BCUT2D eigenvalue weighted by atomic mass is 32.1. The Balaban J connectivity index is 1.60. The van der Waals surface area contributed by atoms with Gasteiger partial charge in [-0.2, -0.15) is 0 Å². The van der Waals surface area contributed by atoms with E-state index in [1.807, 2.05) is 25.1 Å². The minimum atomic E-state index is -0.639. The zero-order valence-corrected chi connectivity index (χ0v) is 16.3. The summed E-state index contributed by atoms with van der Waals surface area (Å²) in [5.74, 6) is -0.746. The van der Waals surface area contributed by atoms with Crippen molar-refractivity contribution in [1.82, 2.24) is 25.4 Å². The molecule has 0 radical (unpaired) electrons. The molecular formula is C18H14N8O3S. The Hall–Kier alpha value is -4.19. The third kappa shape index (κ3) is 3.84. The number of benzene rings is 1. The van der Waals surface area contributed by atoms with Gasteiger partial charge in [-0.15, -0.1) is 0 Å². The summed E-state index contributed by atoms with van der Waals surface area (Å²) in [5.41, 5.74) is 6.50. The van der Waals surface area contributed by atoms with Gasteiger partial charge in [0.05, 0.1) is 20.7 Å². The van der Waals surface area contributed by atoms with Gasteiger partial charge < -0.3 is 5.32 Å². The van der Waals surface area contributed by atoms with Gasteiger partial charge in [0.15, 0.2) is 5.13 Å². The summed E-state index contributed by atoms with van der Waals surface area (Å²) in [6.45, 7) is 1.94. The summed E-state index contributed by atoms with van der Waals surface area (Å²) in [5, 5.41) is 15.0. The molecule has 1 aromatic carbocycles. The number of hydrogen-bond acceptors (Lipinski definition) is 10. The zero-order valence-electron chi connectivity index (χ0n) is 15.5. The van der Waals surface area contributed by atoms with Crippen molar-refractivity contribution in [1.29, 1.82) is 0 Å². The molecule has 12 heteroatoms. The van der Waals surface area contributed by atoms with Crippen LogP contribution in [0.1, 0.15) is 15.9 Å². The molecule has 3 aromatic heterocycles. The smallest absolute Gasteiger partial charge is 0.310 e. The number of hydrogen-bond donors (Lipinski definition) is 3. The average Bonchev–Trinajstić information content (AvgIpc) is 3.16. The van der Waals surface area contributed by atoms with E-state index in [2.05, 4.69) is 36.1 Å².